The first-order valence-electron chi connectivity index (χ1n) is 9.39. The lowest BCUT2D eigenvalue weighted by Gasteiger charge is -2.15. The Balaban J connectivity index is 1.92. The van der Waals surface area contributed by atoms with Crippen molar-refractivity contribution in [2.75, 3.05) is 7.11 Å². The number of nitrogens with one attached hydrogen (secondary N) is 1. The van der Waals surface area contributed by atoms with Crippen molar-refractivity contribution in [3.05, 3.63) is 57.6 Å². The first-order chi connectivity index (χ1) is 14.2. The van der Waals surface area contributed by atoms with Crippen molar-refractivity contribution in [1.82, 2.24) is 4.72 Å². The van der Waals surface area contributed by atoms with Crippen LogP contribution in [0.2, 0.25) is 0 Å². The van der Waals surface area contributed by atoms with Crippen LogP contribution in [0.15, 0.2) is 41.3 Å². The number of nitro benzene ring substituents is 1. The average Bonchev–Trinajstić information content (AvgIpc) is 3.19. The number of rotatable bonds is 7. The number of hydrogen-bond acceptors (Lipinski definition) is 7. The normalized spacial score (nSPS) is 14.5. The second-order valence-corrected chi connectivity index (χ2v) is 8.77. The fraction of sp³-hybridized carbons (Fsp3) is 0.350. The third kappa shape index (κ3) is 4.77. The van der Waals surface area contributed by atoms with Crippen molar-refractivity contribution in [3.63, 3.8) is 0 Å². The fourth-order valence-electron chi connectivity index (χ4n) is 3.35. The summed E-state index contributed by atoms with van der Waals surface area (Å²) >= 11 is 0. The van der Waals surface area contributed by atoms with E-state index in [1.165, 1.54) is 37.4 Å². The first kappa shape index (κ1) is 21.7. The Morgan fingerprint density at radius 1 is 1.13 bits per heavy atom. The highest BCUT2D eigenvalue weighted by molar-refractivity contribution is 7.89. The molecule has 1 aliphatic rings. The van der Waals surface area contributed by atoms with Crippen LogP contribution in [-0.2, 0) is 10.0 Å². The molecule has 1 aliphatic carbocycles. The van der Waals surface area contributed by atoms with E-state index in [4.69, 9.17) is 9.47 Å². The lowest BCUT2D eigenvalue weighted by atomic mass is 10.2. The Kier molecular flexibility index (Phi) is 6.37. The molecule has 160 valence electrons. The molecule has 10 heteroatoms. The Morgan fingerprint density at radius 2 is 1.83 bits per heavy atom. The van der Waals surface area contributed by atoms with Gasteiger partial charge in [-0.15, -0.1) is 0 Å². The molecular weight excluding hydrogens is 412 g/mol. The highest BCUT2D eigenvalue weighted by Gasteiger charge is 2.27. The number of esters is 1. The maximum atomic E-state index is 12.9. The largest absolute Gasteiger partial charge is 0.495 e. The van der Waals surface area contributed by atoms with Gasteiger partial charge in [-0.05, 0) is 49.6 Å². The third-order valence-electron chi connectivity index (χ3n) is 4.88. The van der Waals surface area contributed by atoms with E-state index in [9.17, 15) is 23.3 Å². The fourth-order valence-corrected chi connectivity index (χ4v) is 4.85. The van der Waals surface area contributed by atoms with E-state index >= 15 is 0 Å². The summed E-state index contributed by atoms with van der Waals surface area (Å²) in [5.41, 5.74) is 0.235. The number of nitro groups is 1. The van der Waals surface area contributed by atoms with Gasteiger partial charge in [0.05, 0.1) is 17.6 Å². The van der Waals surface area contributed by atoms with Crippen LogP contribution in [0.5, 0.6) is 11.5 Å². The van der Waals surface area contributed by atoms with Gasteiger partial charge in [0.2, 0.25) is 15.8 Å². The van der Waals surface area contributed by atoms with Crippen LogP contribution < -0.4 is 14.2 Å². The molecule has 0 radical (unpaired) electrons. The second-order valence-electron chi connectivity index (χ2n) is 7.09. The number of carbonyl (C=O) groups is 1. The third-order valence-corrected chi connectivity index (χ3v) is 6.42. The maximum Gasteiger partial charge on any atom is 0.343 e. The lowest BCUT2D eigenvalue weighted by Crippen LogP contribution is -2.33. The van der Waals surface area contributed by atoms with Crippen molar-refractivity contribution in [2.45, 2.75) is 43.5 Å². The van der Waals surface area contributed by atoms with E-state index in [1.807, 2.05) is 0 Å². The van der Waals surface area contributed by atoms with Gasteiger partial charge in [0.15, 0.2) is 0 Å². The van der Waals surface area contributed by atoms with Gasteiger partial charge < -0.3 is 9.47 Å². The average molecular weight is 434 g/mol. The summed E-state index contributed by atoms with van der Waals surface area (Å²) in [6.45, 7) is 1.70. The van der Waals surface area contributed by atoms with E-state index in [0.29, 0.717) is 5.56 Å². The molecule has 0 aliphatic heterocycles. The van der Waals surface area contributed by atoms with E-state index in [1.54, 1.807) is 6.92 Å². The Labute approximate surface area is 174 Å². The molecule has 0 saturated heterocycles. The first-order valence-corrected chi connectivity index (χ1v) is 10.9. The number of nitrogens with zero attached hydrogens (tertiary/aromatic N) is 1. The Morgan fingerprint density at radius 3 is 2.47 bits per heavy atom. The van der Waals surface area contributed by atoms with Crippen LogP contribution in [-0.4, -0.2) is 32.5 Å². The molecule has 9 nitrogen and oxygen atoms in total. The molecule has 0 aromatic heterocycles. The van der Waals surface area contributed by atoms with Gasteiger partial charge in [0.25, 0.3) is 0 Å². The summed E-state index contributed by atoms with van der Waals surface area (Å²) in [6, 6.07) is 7.83. The molecule has 2 aromatic carbocycles. The monoisotopic (exact) mass is 434 g/mol. The molecule has 0 atom stereocenters. The minimum absolute atomic E-state index is 0.0709. The number of sulfonamides is 1. The molecule has 0 unspecified atom stereocenters. The van der Waals surface area contributed by atoms with E-state index in [-0.39, 0.29) is 33.7 Å². The summed E-state index contributed by atoms with van der Waals surface area (Å²) < 4.78 is 38.7. The van der Waals surface area contributed by atoms with Crippen LogP contribution in [0.4, 0.5) is 5.69 Å². The Bertz CT molecular complexity index is 1080. The molecule has 0 amide bonds. The summed E-state index contributed by atoms with van der Waals surface area (Å²) in [4.78, 5) is 23.0. The van der Waals surface area contributed by atoms with Crippen LogP contribution >= 0.6 is 0 Å². The number of benzene rings is 2. The van der Waals surface area contributed by atoms with E-state index in [2.05, 4.69) is 4.72 Å². The number of carbonyl (C=O) groups excluding carboxylic acids is 1. The predicted octanol–water partition coefficient (Wildman–Crippen LogP) is 3.35. The topological polar surface area (TPSA) is 125 Å². The van der Waals surface area contributed by atoms with Gasteiger partial charge in [0, 0.05) is 12.1 Å². The molecule has 3 rings (SSSR count). The standard InChI is InChI=1S/C20H22N2O7S/c1-13-7-9-16(22(24)25)18(11-13)29-20(23)14-8-10-17(28-2)19(12-14)30(26,27)21-15-5-3-4-6-15/h7-12,15,21H,3-6H2,1-2H3. The second kappa shape index (κ2) is 8.80. The summed E-state index contributed by atoms with van der Waals surface area (Å²) in [6.07, 6.45) is 3.40. The molecule has 1 N–H and O–H groups in total. The van der Waals surface area contributed by atoms with Gasteiger partial charge in [0.1, 0.15) is 10.6 Å². The minimum Gasteiger partial charge on any atom is -0.495 e. The number of aryl methyl sites for hydroxylation is 1. The summed E-state index contributed by atoms with van der Waals surface area (Å²) in [7, 11) is -2.60. The maximum absolute atomic E-state index is 12.9. The molecule has 0 heterocycles. The predicted molar refractivity (Wildman–Crippen MR) is 108 cm³/mol. The molecule has 0 spiro atoms. The van der Waals surface area contributed by atoms with Crippen molar-refractivity contribution in [2.24, 2.45) is 0 Å². The molecule has 30 heavy (non-hydrogen) atoms. The zero-order valence-electron chi connectivity index (χ0n) is 16.6. The number of methoxy groups -OCH3 is 1. The van der Waals surface area contributed by atoms with E-state index in [0.717, 1.165) is 31.7 Å². The van der Waals surface area contributed by atoms with Crippen molar-refractivity contribution >= 4 is 21.7 Å². The van der Waals surface area contributed by atoms with Crippen LogP contribution in [0.25, 0.3) is 0 Å². The molecule has 2 aromatic rings. The van der Waals surface area contributed by atoms with Gasteiger partial charge in [-0.1, -0.05) is 18.9 Å². The highest BCUT2D eigenvalue weighted by Crippen LogP contribution is 2.30. The van der Waals surface area contributed by atoms with Crippen molar-refractivity contribution < 1.29 is 27.6 Å². The van der Waals surface area contributed by atoms with Crippen molar-refractivity contribution in [1.29, 1.82) is 0 Å². The van der Waals surface area contributed by atoms with Crippen LogP contribution in [0, 0.1) is 17.0 Å². The van der Waals surface area contributed by atoms with Gasteiger partial charge >= 0.3 is 11.7 Å². The van der Waals surface area contributed by atoms with Crippen molar-refractivity contribution in [3.8, 4) is 11.5 Å². The molecule has 1 fully saturated rings. The van der Waals surface area contributed by atoms with Gasteiger partial charge in [-0.25, -0.2) is 17.9 Å². The van der Waals surface area contributed by atoms with Gasteiger partial charge in [-0.3, -0.25) is 10.1 Å². The Hall–Kier alpha value is -2.98. The zero-order chi connectivity index (χ0) is 21.9. The zero-order valence-corrected chi connectivity index (χ0v) is 17.4. The number of hydrogen-bond donors (Lipinski definition) is 1. The molecule has 0 bridgehead atoms. The van der Waals surface area contributed by atoms with Crippen LogP contribution in [0.1, 0.15) is 41.6 Å². The SMILES string of the molecule is COc1ccc(C(=O)Oc2cc(C)ccc2[N+](=O)[O-])cc1S(=O)(=O)NC1CCCC1. The highest BCUT2D eigenvalue weighted by atomic mass is 32.2. The van der Waals surface area contributed by atoms with E-state index < -0.39 is 20.9 Å². The van der Waals surface area contributed by atoms with Gasteiger partial charge in [-0.2, -0.15) is 0 Å². The summed E-state index contributed by atoms with van der Waals surface area (Å²) in [5, 5.41) is 11.2. The quantitative estimate of drug-likeness (QED) is 0.307. The molecule has 1 saturated carbocycles. The minimum atomic E-state index is -3.93. The summed E-state index contributed by atoms with van der Waals surface area (Å²) in [5.74, 6) is -1.04. The lowest BCUT2D eigenvalue weighted by molar-refractivity contribution is -0.385. The number of ether oxygens (including phenoxy) is 2. The molecular formula is C20H22N2O7S. The smallest absolute Gasteiger partial charge is 0.343 e. The van der Waals surface area contributed by atoms with Crippen LogP contribution in [0.3, 0.4) is 0 Å².